The van der Waals surface area contributed by atoms with E-state index in [9.17, 15) is 13.2 Å². The summed E-state index contributed by atoms with van der Waals surface area (Å²) >= 11 is 5.92. The molecule has 1 N–H and O–H groups in total. The molecule has 0 unspecified atom stereocenters. The predicted octanol–water partition coefficient (Wildman–Crippen LogP) is 4.47. The van der Waals surface area contributed by atoms with Crippen LogP contribution < -0.4 is 5.32 Å². The highest BCUT2D eigenvalue weighted by molar-refractivity contribution is 9.11. The van der Waals surface area contributed by atoms with E-state index in [-0.39, 0.29) is 18.4 Å². The van der Waals surface area contributed by atoms with Crippen LogP contribution in [0, 0.1) is 12.8 Å². The van der Waals surface area contributed by atoms with Gasteiger partial charge in [-0.05, 0) is 65.5 Å². The van der Waals surface area contributed by atoms with Gasteiger partial charge in [-0.3, -0.25) is 4.79 Å². The Hall–Kier alpha value is -1.33. The predicted molar refractivity (Wildman–Crippen MR) is 116 cm³/mol. The van der Waals surface area contributed by atoms with E-state index >= 15 is 0 Å². The fourth-order valence-electron chi connectivity index (χ4n) is 3.23. The van der Waals surface area contributed by atoms with Gasteiger partial charge < -0.3 is 5.32 Å². The number of thiophene rings is 1. The smallest absolute Gasteiger partial charge is 0.252 e. The molecule has 3 heterocycles. The zero-order chi connectivity index (χ0) is 19.9. The van der Waals surface area contributed by atoms with E-state index in [2.05, 4.69) is 26.2 Å². The first-order valence-corrected chi connectivity index (χ1v) is 12.6. The Morgan fingerprint density at radius 2 is 2.11 bits per heavy atom. The minimum atomic E-state index is -3.58. The number of hydrogen-bond acceptors (Lipinski definition) is 6. The number of carbonyl (C=O) groups is 1. The Labute approximate surface area is 179 Å². The number of aryl methyl sites for hydroxylation is 1. The summed E-state index contributed by atoms with van der Waals surface area (Å²) in [7, 11) is -3.58. The van der Waals surface area contributed by atoms with Crippen LogP contribution in [0.15, 0.2) is 38.3 Å². The second-order valence-electron chi connectivity index (χ2n) is 6.74. The summed E-state index contributed by atoms with van der Waals surface area (Å²) in [5.41, 5.74) is 1.99. The van der Waals surface area contributed by atoms with E-state index in [0.29, 0.717) is 28.7 Å². The van der Waals surface area contributed by atoms with Crippen molar-refractivity contribution in [1.82, 2.24) is 9.29 Å². The maximum absolute atomic E-state index is 12.8. The molecule has 0 radical (unpaired) electrons. The van der Waals surface area contributed by atoms with Crippen LogP contribution in [0.25, 0.3) is 10.2 Å². The summed E-state index contributed by atoms with van der Waals surface area (Å²) in [4.78, 5) is 17.2. The molecule has 1 fully saturated rings. The summed E-state index contributed by atoms with van der Waals surface area (Å²) in [5, 5.41) is 3.43. The lowest BCUT2D eigenvalue weighted by Gasteiger charge is -2.30. The number of hydrogen-bond donors (Lipinski definition) is 1. The molecule has 0 spiro atoms. The monoisotopic (exact) mass is 499 g/mol. The minimum Gasteiger partial charge on any atom is -0.302 e. The molecule has 1 amide bonds. The molecule has 0 bridgehead atoms. The molecule has 10 heteroatoms. The fraction of sp³-hybridized carbons (Fsp3) is 0.333. The van der Waals surface area contributed by atoms with Crippen molar-refractivity contribution in [2.45, 2.75) is 24.0 Å². The van der Waals surface area contributed by atoms with Crippen molar-refractivity contribution in [2.24, 2.45) is 5.92 Å². The van der Waals surface area contributed by atoms with Gasteiger partial charge in [-0.15, -0.1) is 11.3 Å². The molecule has 1 aliphatic rings. The van der Waals surface area contributed by atoms with Gasteiger partial charge in [0.05, 0.1) is 19.9 Å². The molecule has 28 heavy (non-hydrogen) atoms. The topological polar surface area (TPSA) is 79.4 Å². The quantitative estimate of drug-likeness (QED) is 0.574. The first kappa shape index (κ1) is 20.0. The summed E-state index contributed by atoms with van der Waals surface area (Å²) in [6.07, 6.45) is 1.32. The normalized spacial score (nSPS) is 18.4. The van der Waals surface area contributed by atoms with Gasteiger partial charge in [-0.2, -0.15) is 4.31 Å². The molecule has 6 nitrogen and oxygen atoms in total. The molecular weight excluding hydrogens is 482 g/mol. The second kappa shape index (κ2) is 7.83. The van der Waals surface area contributed by atoms with Crippen molar-refractivity contribution < 1.29 is 13.2 Å². The molecular formula is C18H18BrN3O3S3. The number of nitrogens with one attached hydrogen (secondary N) is 1. The van der Waals surface area contributed by atoms with E-state index in [1.807, 2.05) is 25.1 Å². The molecule has 3 aromatic rings. The number of fused-ring (bicyclic) bond motifs is 1. The van der Waals surface area contributed by atoms with Crippen molar-refractivity contribution in [2.75, 3.05) is 18.4 Å². The van der Waals surface area contributed by atoms with Crippen molar-refractivity contribution >= 4 is 69.9 Å². The minimum absolute atomic E-state index is 0.178. The molecule has 1 aliphatic heterocycles. The van der Waals surface area contributed by atoms with Crippen LogP contribution in [0.4, 0.5) is 5.13 Å². The number of piperidine rings is 1. The lowest BCUT2D eigenvalue weighted by Crippen LogP contribution is -2.43. The first-order valence-electron chi connectivity index (χ1n) is 8.76. The van der Waals surface area contributed by atoms with Crippen LogP contribution in [0.1, 0.15) is 18.4 Å². The number of nitrogens with zero attached hydrogens (tertiary/aromatic N) is 2. The van der Waals surface area contributed by atoms with Gasteiger partial charge >= 0.3 is 0 Å². The van der Waals surface area contributed by atoms with E-state index < -0.39 is 10.0 Å². The SMILES string of the molecule is Cc1ccc2nc(NC(=O)[C@@H]3CCCN(S(=O)(=O)c4ccc(Br)s4)C3)sc2c1. The summed E-state index contributed by atoms with van der Waals surface area (Å²) in [6, 6.07) is 9.28. The van der Waals surface area contributed by atoms with Crippen LogP contribution in [-0.2, 0) is 14.8 Å². The average Bonchev–Trinajstić information content (AvgIpc) is 3.27. The number of sulfonamides is 1. The number of amides is 1. The number of carbonyl (C=O) groups excluding carboxylic acids is 1. The van der Waals surface area contributed by atoms with Crippen molar-refractivity contribution in [1.29, 1.82) is 0 Å². The van der Waals surface area contributed by atoms with Gasteiger partial charge in [-0.1, -0.05) is 17.4 Å². The standard InChI is InChI=1S/C18H18BrN3O3S3/c1-11-4-5-13-14(9-11)26-18(20-13)21-17(23)12-3-2-8-22(10-12)28(24,25)16-7-6-15(19)27-16/h4-7,9,12H,2-3,8,10H2,1H3,(H,20,21,23)/t12-/m1/s1. The van der Waals surface area contributed by atoms with Crippen LogP contribution in [0.3, 0.4) is 0 Å². The van der Waals surface area contributed by atoms with E-state index in [0.717, 1.165) is 19.6 Å². The van der Waals surface area contributed by atoms with Gasteiger partial charge in [0.15, 0.2) is 5.13 Å². The summed E-state index contributed by atoms with van der Waals surface area (Å²) < 4.78 is 29.2. The third kappa shape index (κ3) is 4.02. The Bertz CT molecular complexity index is 1140. The number of anilines is 1. The molecule has 1 aromatic carbocycles. The zero-order valence-electron chi connectivity index (χ0n) is 15.0. The third-order valence-electron chi connectivity index (χ3n) is 4.67. The largest absolute Gasteiger partial charge is 0.302 e. The molecule has 0 saturated carbocycles. The Balaban J connectivity index is 1.48. The second-order valence-corrected chi connectivity index (χ2v) is 12.4. The first-order chi connectivity index (χ1) is 13.3. The number of halogens is 1. The van der Waals surface area contributed by atoms with E-state index in [1.165, 1.54) is 27.0 Å². The van der Waals surface area contributed by atoms with Crippen molar-refractivity contribution in [3.05, 3.63) is 39.7 Å². The van der Waals surface area contributed by atoms with Gasteiger partial charge in [-0.25, -0.2) is 13.4 Å². The van der Waals surface area contributed by atoms with Gasteiger partial charge in [0.1, 0.15) is 4.21 Å². The summed E-state index contributed by atoms with van der Waals surface area (Å²) in [6.45, 7) is 2.64. The Morgan fingerprint density at radius 3 is 2.86 bits per heavy atom. The molecule has 2 aromatic heterocycles. The van der Waals surface area contributed by atoms with Crippen LogP contribution in [0.5, 0.6) is 0 Å². The zero-order valence-corrected chi connectivity index (χ0v) is 19.0. The van der Waals surface area contributed by atoms with E-state index in [1.54, 1.807) is 12.1 Å². The third-order valence-corrected chi connectivity index (χ3v) is 9.56. The van der Waals surface area contributed by atoms with Gasteiger partial charge in [0.2, 0.25) is 5.91 Å². The average molecular weight is 500 g/mol. The highest BCUT2D eigenvalue weighted by Crippen LogP contribution is 2.32. The van der Waals surface area contributed by atoms with Gasteiger partial charge in [0.25, 0.3) is 10.0 Å². The van der Waals surface area contributed by atoms with Crippen molar-refractivity contribution in [3.8, 4) is 0 Å². The molecule has 1 saturated heterocycles. The van der Waals surface area contributed by atoms with Crippen LogP contribution >= 0.6 is 38.6 Å². The molecule has 4 rings (SSSR count). The summed E-state index contributed by atoms with van der Waals surface area (Å²) in [5.74, 6) is -0.566. The number of thiazole rings is 1. The highest BCUT2D eigenvalue weighted by atomic mass is 79.9. The Morgan fingerprint density at radius 1 is 1.29 bits per heavy atom. The molecule has 148 valence electrons. The lowest BCUT2D eigenvalue weighted by atomic mass is 9.99. The Kier molecular flexibility index (Phi) is 5.58. The van der Waals surface area contributed by atoms with Crippen LogP contribution in [-0.4, -0.2) is 36.7 Å². The highest BCUT2D eigenvalue weighted by Gasteiger charge is 2.34. The molecule has 1 atom stereocenters. The van der Waals surface area contributed by atoms with Gasteiger partial charge in [0, 0.05) is 13.1 Å². The molecule has 0 aliphatic carbocycles. The maximum Gasteiger partial charge on any atom is 0.252 e. The van der Waals surface area contributed by atoms with Crippen LogP contribution in [0.2, 0.25) is 0 Å². The number of rotatable bonds is 4. The number of benzene rings is 1. The number of aromatic nitrogens is 1. The lowest BCUT2D eigenvalue weighted by molar-refractivity contribution is -0.120. The van der Waals surface area contributed by atoms with Crippen molar-refractivity contribution in [3.63, 3.8) is 0 Å². The fourth-order valence-corrected chi connectivity index (χ4v) is 7.89. The van der Waals surface area contributed by atoms with E-state index in [4.69, 9.17) is 0 Å². The maximum atomic E-state index is 12.8.